The van der Waals surface area contributed by atoms with Crippen LogP contribution in [-0.2, 0) is 9.59 Å². The van der Waals surface area contributed by atoms with Crippen molar-refractivity contribution in [2.75, 3.05) is 61.3 Å². The molecule has 2 aromatic carbocycles. The summed E-state index contributed by atoms with van der Waals surface area (Å²) in [5.41, 5.74) is 10.3. The number of rotatable bonds is 5. The Kier molecular flexibility index (Phi) is 7.29. The fraction of sp³-hybridized carbons (Fsp3) is 0.545. The molecule has 10 nitrogen and oxygen atoms in total. The molecule has 5 aliphatic rings. The number of carbonyl (C=O) groups is 3. The Bertz CT molecular complexity index is 1400. The number of aliphatic hydroxyl groups excluding tert-OH is 1. The van der Waals surface area contributed by atoms with Gasteiger partial charge >= 0.3 is 0 Å². The lowest BCUT2D eigenvalue weighted by atomic mass is 9.76. The molecule has 3 atom stereocenters. The number of piperazine rings is 1. The number of amides is 3. The number of carbonyl (C=O) groups excluding carboxylic acids is 3. The van der Waals surface area contributed by atoms with Crippen LogP contribution in [0.15, 0.2) is 42.5 Å². The monoisotopic (exact) mass is 586 g/mol. The number of aliphatic hydroxyl groups is 1. The third-order valence-electron chi connectivity index (χ3n) is 10.7. The molecule has 0 aromatic heterocycles. The first kappa shape index (κ1) is 28.2. The standard InChI is InChI=1S/C33H42N6O4/c34-23-1-3-24(4-2-23)38-17-15-36(16-18-38)21-22-9-10-33(20-22)11-13-37(14-12-33)25-5-6-26-27(19-25)32(43)39(31(26)42)28-7-8-29(40)35-30(28)41/h1-6,19,22,28,31,42H,7-18,20-21,34H2,(H,35,40,41). The van der Waals surface area contributed by atoms with Gasteiger partial charge in [-0.2, -0.15) is 0 Å². The Labute approximate surface area is 252 Å². The van der Waals surface area contributed by atoms with E-state index in [1.807, 2.05) is 30.3 Å². The van der Waals surface area contributed by atoms with E-state index < -0.39 is 18.2 Å². The summed E-state index contributed by atoms with van der Waals surface area (Å²) in [6.45, 7) is 7.44. The molecule has 3 unspecified atom stereocenters. The first-order valence-electron chi connectivity index (χ1n) is 15.8. The largest absolute Gasteiger partial charge is 0.399 e. The van der Waals surface area contributed by atoms with Gasteiger partial charge in [-0.25, -0.2) is 0 Å². The lowest BCUT2D eigenvalue weighted by Gasteiger charge is -2.41. The van der Waals surface area contributed by atoms with Gasteiger partial charge in [0.15, 0.2) is 6.23 Å². The van der Waals surface area contributed by atoms with Crippen LogP contribution in [0.5, 0.6) is 0 Å². The predicted octanol–water partition coefficient (Wildman–Crippen LogP) is 2.73. The Morgan fingerprint density at radius 2 is 1.56 bits per heavy atom. The molecule has 7 rings (SSSR count). The van der Waals surface area contributed by atoms with E-state index in [-0.39, 0.29) is 24.7 Å². The molecule has 10 heteroatoms. The first-order valence-corrected chi connectivity index (χ1v) is 15.8. The van der Waals surface area contributed by atoms with Crippen molar-refractivity contribution in [2.45, 2.75) is 57.2 Å². The van der Waals surface area contributed by atoms with E-state index in [1.54, 1.807) is 0 Å². The number of piperidine rings is 2. The average molecular weight is 587 g/mol. The molecule has 4 heterocycles. The van der Waals surface area contributed by atoms with E-state index in [0.717, 1.165) is 69.4 Å². The molecule has 4 N–H and O–H groups in total. The molecular formula is C33H42N6O4. The van der Waals surface area contributed by atoms with Crippen LogP contribution in [0, 0.1) is 11.3 Å². The molecule has 3 saturated heterocycles. The molecule has 3 amide bonds. The highest BCUT2D eigenvalue weighted by atomic mass is 16.3. The molecule has 0 radical (unpaired) electrons. The van der Waals surface area contributed by atoms with E-state index in [4.69, 9.17) is 5.73 Å². The number of nitrogen functional groups attached to an aromatic ring is 1. The van der Waals surface area contributed by atoms with Crippen LogP contribution in [-0.4, -0.2) is 84.5 Å². The Balaban J connectivity index is 0.922. The fourth-order valence-corrected chi connectivity index (χ4v) is 8.23. The van der Waals surface area contributed by atoms with Crippen LogP contribution in [0.25, 0.3) is 0 Å². The lowest BCUT2D eigenvalue weighted by Crippen LogP contribution is -2.53. The van der Waals surface area contributed by atoms with Gasteiger partial charge in [0.1, 0.15) is 6.04 Å². The van der Waals surface area contributed by atoms with Crippen LogP contribution in [0.1, 0.15) is 67.1 Å². The molecule has 4 fully saturated rings. The van der Waals surface area contributed by atoms with Gasteiger partial charge in [-0.15, -0.1) is 0 Å². The molecule has 2 aromatic rings. The Hall–Kier alpha value is -3.63. The van der Waals surface area contributed by atoms with Crippen LogP contribution < -0.4 is 20.9 Å². The molecule has 43 heavy (non-hydrogen) atoms. The number of anilines is 3. The number of hydrogen-bond acceptors (Lipinski definition) is 8. The Morgan fingerprint density at radius 1 is 0.860 bits per heavy atom. The van der Waals surface area contributed by atoms with Crippen LogP contribution in [0.4, 0.5) is 17.1 Å². The first-order chi connectivity index (χ1) is 20.8. The number of nitrogens with zero attached hydrogens (tertiary/aromatic N) is 4. The molecule has 0 bridgehead atoms. The van der Waals surface area contributed by atoms with E-state index in [2.05, 4.69) is 32.1 Å². The summed E-state index contributed by atoms with van der Waals surface area (Å²) in [5, 5.41) is 13.2. The maximum atomic E-state index is 13.3. The summed E-state index contributed by atoms with van der Waals surface area (Å²) in [6.07, 6.45) is 5.42. The van der Waals surface area contributed by atoms with E-state index in [1.165, 1.54) is 36.4 Å². The maximum Gasteiger partial charge on any atom is 0.257 e. The molecule has 4 aliphatic heterocycles. The van der Waals surface area contributed by atoms with Crippen LogP contribution in [0.2, 0.25) is 0 Å². The van der Waals surface area contributed by atoms with Gasteiger partial charge in [0.2, 0.25) is 11.8 Å². The second-order valence-electron chi connectivity index (χ2n) is 13.3. The lowest BCUT2D eigenvalue weighted by molar-refractivity contribution is -0.139. The Morgan fingerprint density at radius 3 is 2.28 bits per heavy atom. The third kappa shape index (κ3) is 5.35. The highest BCUT2D eigenvalue weighted by Gasteiger charge is 2.45. The van der Waals surface area contributed by atoms with Gasteiger partial charge in [-0.3, -0.25) is 29.5 Å². The van der Waals surface area contributed by atoms with Crippen molar-refractivity contribution in [3.8, 4) is 0 Å². The van der Waals surface area contributed by atoms with E-state index >= 15 is 0 Å². The molecular weight excluding hydrogens is 544 g/mol. The number of benzene rings is 2. The topological polar surface area (TPSA) is 122 Å². The third-order valence-corrected chi connectivity index (χ3v) is 10.7. The van der Waals surface area contributed by atoms with Gasteiger partial charge in [0, 0.05) is 80.4 Å². The quantitative estimate of drug-likeness (QED) is 0.361. The van der Waals surface area contributed by atoms with Crippen molar-refractivity contribution in [3.05, 3.63) is 53.6 Å². The molecule has 1 spiro atoms. The van der Waals surface area contributed by atoms with Gasteiger partial charge in [0.25, 0.3) is 5.91 Å². The predicted molar refractivity (Wildman–Crippen MR) is 164 cm³/mol. The van der Waals surface area contributed by atoms with Gasteiger partial charge < -0.3 is 20.6 Å². The highest BCUT2D eigenvalue weighted by molar-refractivity contribution is 6.06. The number of nitrogens with two attached hydrogens (primary N) is 1. The zero-order valence-corrected chi connectivity index (χ0v) is 24.7. The van der Waals surface area contributed by atoms with Gasteiger partial charge in [-0.1, -0.05) is 6.07 Å². The summed E-state index contributed by atoms with van der Waals surface area (Å²) in [7, 11) is 0. The molecule has 228 valence electrons. The van der Waals surface area contributed by atoms with Crippen molar-refractivity contribution >= 4 is 34.8 Å². The zero-order chi connectivity index (χ0) is 29.7. The zero-order valence-electron chi connectivity index (χ0n) is 24.7. The highest BCUT2D eigenvalue weighted by Crippen LogP contribution is 2.50. The van der Waals surface area contributed by atoms with Crippen molar-refractivity contribution in [1.29, 1.82) is 0 Å². The van der Waals surface area contributed by atoms with Crippen molar-refractivity contribution in [1.82, 2.24) is 15.1 Å². The maximum absolute atomic E-state index is 13.3. The minimum atomic E-state index is -1.18. The summed E-state index contributed by atoms with van der Waals surface area (Å²) in [4.78, 5) is 46.1. The van der Waals surface area contributed by atoms with Gasteiger partial charge in [0.05, 0.1) is 0 Å². The minimum absolute atomic E-state index is 0.159. The van der Waals surface area contributed by atoms with E-state index in [0.29, 0.717) is 16.5 Å². The smallest absolute Gasteiger partial charge is 0.257 e. The second-order valence-corrected chi connectivity index (χ2v) is 13.3. The number of imide groups is 1. The van der Waals surface area contributed by atoms with Gasteiger partial charge in [-0.05, 0) is 86.3 Å². The van der Waals surface area contributed by atoms with Crippen molar-refractivity contribution in [2.24, 2.45) is 11.3 Å². The molecule has 1 aliphatic carbocycles. The summed E-state index contributed by atoms with van der Waals surface area (Å²) in [6, 6.07) is 13.1. The van der Waals surface area contributed by atoms with Crippen molar-refractivity contribution < 1.29 is 19.5 Å². The fourth-order valence-electron chi connectivity index (χ4n) is 8.23. The number of nitrogens with one attached hydrogen (secondary N) is 1. The SMILES string of the molecule is Nc1ccc(N2CCN(CC3CCC4(CCN(c5ccc6c(c5)C(=O)N(C5CCC(=O)NC5=O)C6O)CC4)C3)CC2)cc1. The van der Waals surface area contributed by atoms with Crippen LogP contribution in [0.3, 0.4) is 0 Å². The molecule has 1 saturated carbocycles. The summed E-state index contributed by atoms with van der Waals surface area (Å²) >= 11 is 0. The number of fused-ring (bicyclic) bond motifs is 1. The van der Waals surface area contributed by atoms with Crippen molar-refractivity contribution in [3.63, 3.8) is 0 Å². The summed E-state index contributed by atoms with van der Waals surface area (Å²) < 4.78 is 0. The number of hydrogen-bond donors (Lipinski definition) is 3. The van der Waals surface area contributed by atoms with Crippen LogP contribution >= 0.6 is 0 Å². The average Bonchev–Trinajstić information content (AvgIpc) is 3.51. The normalized spacial score (nSPS) is 27.6. The minimum Gasteiger partial charge on any atom is -0.399 e. The summed E-state index contributed by atoms with van der Waals surface area (Å²) in [5.74, 6) is -0.451. The second kappa shape index (κ2) is 11.1. The van der Waals surface area contributed by atoms with E-state index in [9.17, 15) is 19.5 Å².